The van der Waals surface area contributed by atoms with Crippen LogP contribution in [0, 0.1) is 5.82 Å². The summed E-state index contributed by atoms with van der Waals surface area (Å²) in [6.45, 7) is 0. The third-order valence-corrected chi connectivity index (χ3v) is 2.74. The predicted molar refractivity (Wildman–Crippen MR) is 56.4 cm³/mol. The molecule has 2 aromatic rings. The molecule has 4 heteroatoms. The highest BCUT2D eigenvalue weighted by atomic mass is 32.2. The number of pyridine rings is 1. The average molecular weight is 221 g/mol. The summed E-state index contributed by atoms with van der Waals surface area (Å²) in [5.74, 6) is -0.192. The van der Waals surface area contributed by atoms with Crippen LogP contribution in [0.1, 0.15) is 0 Å². The van der Waals surface area contributed by atoms with Crippen molar-refractivity contribution in [2.75, 3.05) is 0 Å². The molecule has 15 heavy (non-hydrogen) atoms. The topological polar surface area (TPSA) is 33.1 Å². The molecule has 0 aliphatic heterocycles. The molecular formula is C11H8FNOS. The van der Waals surface area contributed by atoms with Gasteiger partial charge in [-0.2, -0.15) is 0 Å². The van der Waals surface area contributed by atoms with Crippen molar-refractivity contribution in [3.8, 4) is 5.75 Å². The fourth-order valence-corrected chi connectivity index (χ4v) is 1.93. The molecule has 1 N–H and O–H groups in total. The third kappa shape index (κ3) is 2.47. The normalized spacial score (nSPS) is 10.2. The Morgan fingerprint density at radius 3 is 2.80 bits per heavy atom. The fourth-order valence-electron chi connectivity index (χ4n) is 1.10. The number of aromatic nitrogens is 1. The fraction of sp³-hybridized carbons (Fsp3) is 0. The van der Waals surface area contributed by atoms with Crippen LogP contribution in [0.3, 0.4) is 0 Å². The number of halogens is 1. The van der Waals surface area contributed by atoms with Crippen molar-refractivity contribution >= 4 is 11.8 Å². The summed E-state index contributed by atoms with van der Waals surface area (Å²) in [4.78, 5) is 4.67. The lowest BCUT2D eigenvalue weighted by Crippen LogP contribution is -1.84. The van der Waals surface area contributed by atoms with E-state index in [1.807, 2.05) is 0 Å². The van der Waals surface area contributed by atoms with Crippen molar-refractivity contribution in [3.05, 3.63) is 48.4 Å². The van der Waals surface area contributed by atoms with Gasteiger partial charge in [-0.15, -0.1) is 0 Å². The van der Waals surface area contributed by atoms with Crippen molar-refractivity contribution in [1.29, 1.82) is 0 Å². The largest absolute Gasteiger partial charge is 0.508 e. The Labute approximate surface area is 90.8 Å². The van der Waals surface area contributed by atoms with Crippen LogP contribution in [0.2, 0.25) is 0 Å². The van der Waals surface area contributed by atoms with Crippen molar-refractivity contribution in [3.63, 3.8) is 0 Å². The Morgan fingerprint density at radius 1 is 1.20 bits per heavy atom. The van der Waals surface area contributed by atoms with Gasteiger partial charge in [0, 0.05) is 11.1 Å². The van der Waals surface area contributed by atoms with Crippen LogP contribution in [0.5, 0.6) is 5.75 Å². The molecule has 0 fully saturated rings. The zero-order chi connectivity index (χ0) is 10.7. The van der Waals surface area contributed by atoms with Crippen LogP contribution >= 0.6 is 11.8 Å². The Bertz CT molecular complexity index is 476. The highest BCUT2D eigenvalue weighted by molar-refractivity contribution is 7.99. The second-order valence-corrected chi connectivity index (χ2v) is 3.95. The highest BCUT2D eigenvalue weighted by Crippen LogP contribution is 2.29. The lowest BCUT2D eigenvalue weighted by Gasteiger charge is -2.01. The predicted octanol–water partition coefficient (Wildman–Crippen LogP) is 3.08. The van der Waals surface area contributed by atoms with E-state index in [4.69, 9.17) is 0 Å². The van der Waals surface area contributed by atoms with Gasteiger partial charge >= 0.3 is 0 Å². The molecule has 0 radical (unpaired) electrons. The number of hydrogen-bond acceptors (Lipinski definition) is 3. The number of nitrogens with zero attached hydrogens (tertiary/aromatic N) is 1. The maximum atomic E-state index is 13.2. The van der Waals surface area contributed by atoms with Crippen molar-refractivity contribution in [2.24, 2.45) is 0 Å². The lowest BCUT2D eigenvalue weighted by molar-refractivity contribution is 0.474. The van der Waals surface area contributed by atoms with E-state index in [0.717, 1.165) is 4.90 Å². The van der Waals surface area contributed by atoms with Crippen LogP contribution in [-0.2, 0) is 0 Å². The number of rotatable bonds is 2. The SMILES string of the molecule is Oc1cccc(Sc2ncccc2F)c1. The van der Waals surface area contributed by atoms with E-state index in [2.05, 4.69) is 4.98 Å². The first kappa shape index (κ1) is 9.98. The van der Waals surface area contributed by atoms with Gasteiger partial charge in [-0.25, -0.2) is 9.37 Å². The van der Waals surface area contributed by atoms with Crippen LogP contribution < -0.4 is 0 Å². The van der Waals surface area contributed by atoms with Gasteiger partial charge in [-0.1, -0.05) is 17.8 Å². The summed E-state index contributed by atoms with van der Waals surface area (Å²) in [6, 6.07) is 9.54. The number of aromatic hydroxyl groups is 1. The molecule has 1 aromatic heterocycles. The minimum absolute atomic E-state index is 0.163. The van der Waals surface area contributed by atoms with Gasteiger partial charge in [-0.05, 0) is 30.3 Å². The first-order valence-electron chi connectivity index (χ1n) is 4.33. The van der Waals surface area contributed by atoms with Gasteiger partial charge < -0.3 is 5.11 Å². The second kappa shape index (κ2) is 4.31. The third-order valence-electron chi connectivity index (χ3n) is 1.76. The molecule has 1 aromatic carbocycles. The molecule has 0 unspecified atom stereocenters. The Hall–Kier alpha value is -1.55. The van der Waals surface area contributed by atoms with E-state index in [9.17, 15) is 9.50 Å². The Morgan fingerprint density at radius 2 is 2.07 bits per heavy atom. The van der Waals surface area contributed by atoms with Gasteiger partial charge in [-0.3, -0.25) is 0 Å². The Kier molecular flexibility index (Phi) is 2.87. The molecule has 0 aliphatic carbocycles. The molecule has 0 aliphatic rings. The zero-order valence-electron chi connectivity index (χ0n) is 7.72. The summed E-state index contributed by atoms with van der Waals surface area (Å²) in [5.41, 5.74) is 0. The number of phenols is 1. The molecule has 0 amide bonds. The molecule has 0 atom stereocenters. The standard InChI is InChI=1S/C11H8FNOS/c12-10-5-2-6-13-11(10)15-9-4-1-3-8(14)7-9/h1-7,14H. The minimum Gasteiger partial charge on any atom is -0.508 e. The van der Waals surface area contributed by atoms with E-state index in [1.54, 1.807) is 30.3 Å². The number of phenolic OH excluding ortho intramolecular Hbond substituents is 1. The van der Waals surface area contributed by atoms with E-state index in [0.29, 0.717) is 5.03 Å². The summed E-state index contributed by atoms with van der Waals surface area (Å²) in [7, 11) is 0. The zero-order valence-corrected chi connectivity index (χ0v) is 8.54. The molecule has 76 valence electrons. The van der Waals surface area contributed by atoms with Gasteiger partial charge in [0.2, 0.25) is 0 Å². The van der Waals surface area contributed by atoms with Crippen LogP contribution in [-0.4, -0.2) is 10.1 Å². The van der Waals surface area contributed by atoms with Gasteiger partial charge in [0.25, 0.3) is 0 Å². The summed E-state index contributed by atoms with van der Waals surface area (Å²) in [6.07, 6.45) is 1.54. The lowest BCUT2D eigenvalue weighted by atomic mass is 10.3. The van der Waals surface area contributed by atoms with Gasteiger partial charge in [0.15, 0.2) is 5.82 Å². The molecule has 0 spiro atoms. The van der Waals surface area contributed by atoms with Crippen molar-refractivity contribution in [2.45, 2.75) is 9.92 Å². The molecule has 0 bridgehead atoms. The maximum Gasteiger partial charge on any atom is 0.155 e. The van der Waals surface area contributed by atoms with Gasteiger partial charge in [0.1, 0.15) is 10.8 Å². The van der Waals surface area contributed by atoms with Crippen LogP contribution in [0.15, 0.2) is 52.5 Å². The van der Waals surface area contributed by atoms with E-state index in [1.165, 1.54) is 24.0 Å². The van der Waals surface area contributed by atoms with Crippen molar-refractivity contribution < 1.29 is 9.50 Å². The smallest absolute Gasteiger partial charge is 0.155 e. The number of hydrogen-bond donors (Lipinski definition) is 1. The molecule has 0 saturated carbocycles. The average Bonchev–Trinajstić information content (AvgIpc) is 2.22. The van der Waals surface area contributed by atoms with E-state index >= 15 is 0 Å². The summed E-state index contributed by atoms with van der Waals surface area (Å²) >= 11 is 1.18. The second-order valence-electron chi connectivity index (χ2n) is 2.89. The first-order chi connectivity index (χ1) is 7.25. The van der Waals surface area contributed by atoms with E-state index in [-0.39, 0.29) is 11.6 Å². The van der Waals surface area contributed by atoms with Crippen molar-refractivity contribution in [1.82, 2.24) is 4.98 Å². The maximum absolute atomic E-state index is 13.2. The number of benzene rings is 1. The summed E-state index contributed by atoms with van der Waals surface area (Å²) in [5, 5.41) is 9.54. The molecule has 1 heterocycles. The molecular weight excluding hydrogens is 213 g/mol. The molecule has 2 nitrogen and oxygen atoms in total. The first-order valence-corrected chi connectivity index (χ1v) is 5.15. The molecule has 2 rings (SSSR count). The minimum atomic E-state index is -0.356. The van der Waals surface area contributed by atoms with Crippen LogP contribution in [0.25, 0.3) is 0 Å². The Balaban J connectivity index is 2.26. The quantitative estimate of drug-likeness (QED) is 0.846. The summed E-state index contributed by atoms with van der Waals surface area (Å²) < 4.78 is 13.2. The monoisotopic (exact) mass is 221 g/mol. The van der Waals surface area contributed by atoms with E-state index < -0.39 is 0 Å². The molecule has 0 saturated heterocycles. The van der Waals surface area contributed by atoms with Gasteiger partial charge in [0.05, 0.1) is 0 Å². The highest BCUT2D eigenvalue weighted by Gasteiger charge is 2.04. The van der Waals surface area contributed by atoms with Crippen LogP contribution in [0.4, 0.5) is 4.39 Å².